The Hall–Kier alpha value is -0.990. The van der Waals surface area contributed by atoms with Crippen molar-refractivity contribution in [2.75, 3.05) is 11.9 Å². The lowest BCUT2D eigenvalue weighted by atomic mass is 10.1. The van der Waals surface area contributed by atoms with E-state index >= 15 is 0 Å². The average Bonchev–Trinajstić information content (AvgIpc) is 2.61. The van der Waals surface area contributed by atoms with E-state index in [9.17, 15) is 0 Å². The highest BCUT2D eigenvalue weighted by molar-refractivity contribution is 5.40. The topological polar surface area (TPSA) is 38.1 Å². The zero-order valence-corrected chi connectivity index (χ0v) is 7.55. The lowest BCUT2D eigenvalue weighted by molar-refractivity contribution is 0.421. The molecule has 1 aliphatic carbocycles. The predicted octanol–water partition coefficient (Wildman–Crippen LogP) is 2.20. The fourth-order valence-electron chi connectivity index (χ4n) is 1.14. The highest BCUT2D eigenvalue weighted by Gasteiger charge is 2.36. The van der Waals surface area contributed by atoms with Crippen molar-refractivity contribution < 1.29 is 4.52 Å². The quantitative estimate of drug-likeness (QED) is 0.748. The van der Waals surface area contributed by atoms with Crippen LogP contribution in [0.1, 0.15) is 25.3 Å². The van der Waals surface area contributed by atoms with Gasteiger partial charge in [-0.2, -0.15) is 0 Å². The van der Waals surface area contributed by atoms with E-state index in [1.54, 1.807) is 6.26 Å². The Labute approximate surface area is 72.1 Å². The average molecular weight is 166 g/mol. The van der Waals surface area contributed by atoms with Gasteiger partial charge in [0.15, 0.2) is 5.82 Å². The maximum Gasteiger partial charge on any atom is 0.172 e. The monoisotopic (exact) mass is 166 g/mol. The van der Waals surface area contributed by atoms with Crippen molar-refractivity contribution in [1.82, 2.24) is 5.16 Å². The van der Waals surface area contributed by atoms with Crippen molar-refractivity contribution in [3.63, 3.8) is 0 Å². The van der Waals surface area contributed by atoms with E-state index in [-0.39, 0.29) is 0 Å². The van der Waals surface area contributed by atoms with Crippen LogP contribution in [0.25, 0.3) is 0 Å². The minimum absolute atomic E-state index is 0.519. The fourth-order valence-corrected chi connectivity index (χ4v) is 1.14. The molecule has 1 heterocycles. The summed E-state index contributed by atoms with van der Waals surface area (Å²) in [6.07, 6.45) is 4.32. The van der Waals surface area contributed by atoms with Gasteiger partial charge in [-0.25, -0.2) is 0 Å². The minimum Gasteiger partial charge on any atom is -0.366 e. The van der Waals surface area contributed by atoms with Gasteiger partial charge in [-0.1, -0.05) is 12.1 Å². The second-order valence-corrected chi connectivity index (χ2v) is 4.01. The van der Waals surface area contributed by atoms with Crippen molar-refractivity contribution >= 4 is 5.82 Å². The summed E-state index contributed by atoms with van der Waals surface area (Å²) in [7, 11) is 0. The first-order valence-electron chi connectivity index (χ1n) is 4.34. The molecule has 3 nitrogen and oxygen atoms in total. The zero-order chi connectivity index (χ0) is 8.60. The van der Waals surface area contributed by atoms with E-state index in [4.69, 9.17) is 4.52 Å². The maximum atomic E-state index is 4.82. The van der Waals surface area contributed by atoms with E-state index in [1.165, 1.54) is 12.8 Å². The van der Waals surface area contributed by atoms with Crippen LogP contribution in [0.15, 0.2) is 10.8 Å². The van der Waals surface area contributed by atoms with Crippen LogP contribution < -0.4 is 5.32 Å². The first-order chi connectivity index (χ1) is 5.70. The van der Waals surface area contributed by atoms with Gasteiger partial charge in [0.25, 0.3) is 0 Å². The highest BCUT2D eigenvalue weighted by atomic mass is 16.5. The molecule has 0 aromatic carbocycles. The van der Waals surface area contributed by atoms with Gasteiger partial charge in [0.1, 0.15) is 6.26 Å². The van der Waals surface area contributed by atoms with Gasteiger partial charge in [0.05, 0.1) is 0 Å². The Balaban J connectivity index is 1.91. The molecule has 1 N–H and O–H groups in total. The number of anilines is 1. The van der Waals surface area contributed by atoms with Gasteiger partial charge in [-0.15, -0.1) is 0 Å². The summed E-state index contributed by atoms with van der Waals surface area (Å²) in [5.41, 5.74) is 1.60. The SMILES string of the molecule is Cc1conc1NCC1(C)CC1. The van der Waals surface area contributed by atoms with Gasteiger partial charge < -0.3 is 9.84 Å². The molecule has 0 aliphatic heterocycles. The van der Waals surface area contributed by atoms with Gasteiger partial charge in [-0.05, 0) is 25.2 Å². The molecule has 2 rings (SSSR count). The van der Waals surface area contributed by atoms with E-state index < -0.39 is 0 Å². The number of hydrogen-bond acceptors (Lipinski definition) is 3. The summed E-state index contributed by atoms with van der Waals surface area (Å²) in [5.74, 6) is 0.892. The molecular formula is C9H14N2O. The molecule has 1 aromatic rings. The summed E-state index contributed by atoms with van der Waals surface area (Å²) < 4.78 is 4.82. The van der Waals surface area contributed by atoms with Crippen molar-refractivity contribution in [3.05, 3.63) is 11.8 Å². The summed E-state index contributed by atoms with van der Waals surface area (Å²) in [4.78, 5) is 0. The maximum absolute atomic E-state index is 4.82. The van der Waals surface area contributed by atoms with Gasteiger partial charge in [0.2, 0.25) is 0 Å². The summed E-state index contributed by atoms with van der Waals surface area (Å²) in [6, 6.07) is 0. The van der Waals surface area contributed by atoms with Gasteiger partial charge in [-0.3, -0.25) is 0 Å². The zero-order valence-electron chi connectivity index (χ0n) is 7.55. The van der Waals surface area contributed by atoms with Crippen LogP contribution in [0.4, 0.5) is 5.82 Å². The molecule has 1 fully saturated rings. The number of aryl methyl sites for hydroxylation is 1. The molecule has 0 unspecified atom stereocenters. The van der Waals surface area contributed by atoms with Crippen molar-refractivity contribution in [2.24, 2.45) is 5.41 Å². The second kappa shape index (κ2) is 2.51. The van der Waals surface area contributed by atoms with Crippen LogP contribution >= 0.6 is 0 Å². The summed E-state index contributed by atoms with van der Waals surface area (Å²) >= 11 is 0. The number of hydrogen-bond donors (Lipinski definition) is 1. The van der Waals surface area contributed by atoms with E-state index in [1.807, 2.05) is 6.92 Å². The van der Waals surface area contributed by atoms with E-state index in [2.05, 4.69) is 17.4 Å². The highest BCUT2D eigenvalue weighted by Crippen LogP contribution is 2.44. The molecule has 3 heteroatoms. The minimum atomic E-state index is 0.519. The Morgan fingerprint density at radius 3 is 2.92 bits per heavy atom. The van der Waals surface area contributed by atoms with Crippen LogP contribution in [-0.4, -0.2) is 11.7 Å². The Morgan fingerprint density at radius 2 is 2.42 bits per heavy atom. The number of rotatable bonds is 3. The normalized spacial score (nSPS) is 19.2. The molecule has 0 atom stereocenters. The predicted molar refractivity (Wildman–Crippen MR) is 47.1 cm³/mol. The lowest BCUT2D eigenvalue weighted by Gasteiger charge is -2.08. The second-order valence-electron chi connectivity index (χ2n) is 4.01. The molecule has 0 bridgehead atoms. The van der Waals surface area contributed by atoms with Gasteiger partial charge in [0, 0.05) is 12.1 Å². The third kappa shape index (κ3) is 1.44. The standard InChI is InChI=1S/C9H14N2O/c1-7-5-12-11-8(7)10-6-9(2)3-4-9/h5H,3-4,6H2,1-2H3,(H,10,11). The Kier molecular flexibility index (Phi) is 1.60. The van der Waals surface area contributed by atoms with Crippen LogP contribution in [0.5, 0.6) is 0 Å². The van der Waals surface area contributed by atoms with Crippen molar-refractivity contribution in [3.8, 4) is 0 Å². The summed E-state index contributed by atoms with van der Waals surface area (Å²) in [6.45, 7) is 5.30. The number of nitrogens with zero attached hydrogens (tertiary/aromatic N) is 1. The molecule has 1 aromatic heterocycles. The molecule has 0 saturated heterocycles. The Bertz CT molecular complexity index is 276. The number of aromatic nitrogens is 1. The third-order valence-electron chi connectivity index (χ3n) is 2.53. The largest absolute Gasteiger partial charge is 0.366 e. The van der Waals surface area contributed by atoms with Crippen molar-refractivity contribution in [2.45, 2.75) is 26.7 Å². The van der Waals surface area contributed by atoms with Crippen LogP contribution in [0.3, 0.4) is 0 Å². The third-order valence-corrected chi connectivity index (χ3v) is 2.53. The van der Waals surface area contributed by atoms with Crippen LogP contribution in [0.2, 0.25) is 0 Å². The molecule has 12 heavy (non-hydrogen) atoms. The first-order valence-corrected chi connectivity index (χ1v) is 4.34. The van der Waals surface area contributed by atoms with Crippen molar-refractivity contribution in [1.29, 1.82) is 0 Å². The van der Waals surface area contributed by atoms with Gasteiger partial charge >= 0.3 is 0 Å². The molecule has 1 aliphatic rings. The molecule has 0 spiro atoms. The fraction of sp³-hybridized carbons (Fsp3) is 0.667. The molecule has 66 valence electrons. The number of nitrogens with one attached hydrogen (secondary N) is 1. The smallest absolute Gasteiger partial charge is 0.172 e. The Morgan fingerprint density at radius 1 is 1.67 bits per heavy atom. The molecule has 0 radical (unpaired) electrons. The first kappa shape index (κ1) is 7.65. The van der Waals surface area contributed by atoms with Crippen LogP contribution in [-0.2, 0) is 0 Å². The molecule has 1 saturated carbocycles. The van der Waals surface area contributed by atoms with Crippen LogP contribution in [0, 0.1) is 12.3 Å². The molecule has 0 amide bonds. The summed E-state index contributed by atoms with van der Waals surface area (Å²) in [5, 5.41) is 7.15. The van der Waals surface area contributed by atoms with E-state index in [0.717, 1.165) is 17.9 Å². The molecular weight excluding hydrogens is 152 g/mol. The van der Waals surface area contributed by atoms with E-state index in [0.29, 0.717) is 5.41 Å². The lowest BCUT2D eigenvalue weighted by Crippen LogP contribution is -2.12.